The monoisotopic (exact) mass is 287 g/mol. The summed E-state index contributed by atoms with van der Waals surface area (Å²) in [5, 5.41) is 13.8. The van der Waals surface area contributed by atoms with Gasteiger partial charge in [0.25, 0.3) is 0 Å². The molecular weight excluding hydrogens is 270 g/mol. The molecular formula is C19H17N3. The van der Waals surface area contributed by atoms with Gasteiger partial charge in [-0.25, -0.2) is 0 Å². The molecule has 3 aromatic rings. The van der Waals surface area contributed by atoms with Crippen LogP contribution in [0.4, 0.5) is 0 Å². The zero-order valence-corrected chi connectivity index (χ0v) is 12.3. The largest absolute Gasteiger partial charge is 0.339 e. The Morgan fingerprint density at radius 2 is 1.91 bits per heavy atom. The highest BCUT2D eigenvalue weighted by atomic mass is 15.0. The number of aromatic nitrogens is 1. The van der Waals surface area contributed by atoms with Crippen molar-refractivity contribution in [3.05, 3.63) is 70.9 Å². The molecule has 1 N–H and O–H groups in total. The van der Waals surface area contributed by atoms with E-state index in [2.05, 4.69) is 52.4 Å². The van der Waals surface area contributed by atoms with Gasteiger partial charge in [-0.2, -0.15) is 5.26 Å². The third kappa shape index (κ3) is 2.09. The third-order valence-electron chi connectivity index (χ3n) is 4.46. The number of nitrogens with zero attached hydrogens (tertiary/aromatic N) is 2. The molecule has 1 aliphatic rings. The van der Waals surface area contributed by atoms with Gasteiger partial charge in [0.15, 0.2) is 0 Å². The second-order valence-electron chi connectivity index (χ2n) is 5.76. The van der Waals surface area contributed by atoms with Crippen LogP contribution in [-0.4, -0.2) is 11.1 Å². The van der Waals surface area contributed by atoms with E-state index in [9.17, 15) is 0 Å². The molecule has 4 rings (SSSR count). The lowest BCUT2D eigenvalue weighted by Crippen LogP contribution is -2.25. The van der Waals surface area contributed by atoms with Gasteiger partial charge in [0.05, 0.1) is 11.6 Å². The standard InChI is InChI=1S/C19H17N3/c20-11-14-5-7-15(8-6-14)13-22-18-4-2-1-3-16(18)17-9-10-21-12-19(17)22/h1-8,21H,9-10,12-13H2. The van der Waals surface area contributed by atoms with Crippen LogP contribution in [0.2, 0.25) is 0 Å². The smallest absolute Gasteiger partial charge is 0.0991 e. The molecule has 2 heterocycles. The van der Waals surface area contributed by atoms with Crippen LogP contribution in [0.25, 0.3) is 10.9 Å². The first-order chi connectivity index (χ1) is 10.9. The molecule has 0 aliphatic carbocycles. The van der Waals surface area contributed by atoms with Crippen molar-refractivity contribution in [3.8, 4) is 6.07 Å². The fraction of sp³-hybridized carbons (Fsp3) is 0.211. The first kappa shape index (κ1) is 13.1. The van der Waals surface area contributed by atoms with Gasteiger partial charge in [-0.05, 0) is 42.3 Å². The summed E-state index contributed by atoms with van der Waals surface area (Å²) in [6.07, 6.45) is 1.09. The molecule has 22 heavy (non-hydrogen) atoms. The minimum Gasteiger partial charge on any atom is -0.339 e. The normalized spacial score (nSPS) is 13.8. The van der Waals surface area contributed by atoms with Crippen LogP contribution in [-0.2, 0) is 19.5 Å². The van der Waals surface area contributed by atoms with E-state index < -0.39 is 0 Å². The molecule has 0 spiro atoms. The fourth-order valence-corrected chi connectivity index (χ4v) is 3.38. The van der Waals surface area contributed by atoms with Crippen molar-refractivity contribution < 1.29 is 0 Å². The van der Waals surface area contributed by atoms with E-state index in [4.69, 9.17) is 5.26 Å². The van der Waals surface area contributed by atoms with Crippen LogP contribution in [0.3, 0.4) is 0 Å². The predicted molar refractivity (Wildman–Crippen MR) is 87.6 cm³/mol. The number of para-hydroxylation sites is 1. The van der Waals surface area contributed by atoms with Gasteiger partial charge in [0.2, 0.25) is 0 Å². The van der Waals surface area contributed by atoms with Crippen molar-refractivity contribution in [1.29, 1.82) is 5.26 Å². The fourth-order valence-electron chi connectivity index (χ4n) is 3.38. The van der Waals surface area contributed by atoms with Crippen molar-refractivity contribution in [3.63, 3.8) is 0 Å². The minimum atomic E-state index is 0.713. The SMILES string of the molecule is N#Cc1ccc(Cn2c3c(c4ccccc42)CCNC3)cc1. The van der Waals surface area contributed by atoms with Crippen LogP contribution >= 0.6 is 0 Å². The second-order valence-corrected chi connectivity index (χ2v) is 5.76. The average Bonchev–Trinajstić information content (AvgIpc) is 2.90. The maximum atomic E-state index is 8.92. The Morgan fingerprint density at radius 3 is 2.73 bits per heavy atom. The highest BCUT2D eigenvalue weighted by Crippen LogP contribution is 2.29. The Morgan fingerprint density at radius 1 is 1.09 bits per heavy atom. The highest BCUT2D eigenvalue weighted by molar-refractivity contribution is 5.86. The van der Waals surface area contributed by atoms with Gasteiger partial charge in [-0.3, -0.25) is 0 Å². The lowest BCUT2D eigenvalue weighted by molar-refractivity contribution is 0.602. The molecule has 0 fully saturated rings. The number of rotatable bonds is 2. The number of hydrogen-bond acceptors (Lipinski definition) is 2. The number of nitrogens with one attached hydrogen (secondary N) is 1. The Labute approximate surface area is 129 Å². The first-order valence-corrected chi connectivity index (χ1v) is 7.65. The quantitative estimate of drug-likeness (QED) is 0.786. The molecule has 1 aromatic heterocycles. The van der Waals surface area contributed by atoms with E-state index in [1.165, 1.54) is 27.7 Å². The maximum Gasteiger partial charge on any atom is 0.0991 e. The topological polar surface area (TPSA) is 40.8 Å². The molecule has 2 aromatic carbocycles. The van der Waals surface area contributed by atoms with E-state index in [-0.39, 0.29) is 0 Å². The predicted octanol–water partition coefficient (Wildman–Crippen LogP) is 3.21. The molecule has 0 unspecified atom stereocenters. The number of fused-ring (bicyclic) bond motifs is 3. The highest BCUT2D eigenvalue weighted by Gasteiger charge is 2.19. The van der Waals surface area contributed by atoms with Gasteiger partial charge in [0, 0.05) is 29.7 Å². The average molecular weight is 287 g/mol. The van der Waals surface area contributed by atoms with Crippen LogP contribution in [0.15, 0.2) is 48.5 Å². The van der Waals surface area contributed by atoms with Gasteiger partial charge in [-0.15, -0.1) is 0 Å². The molecule has 0 saturated heterocycles. The van der Waals surface area contributed by atoms with E-state index >= 15 is 0 Å². The Kier molecular flexibility index (Phi) is 3.17. The van der Waals surface area contributed by atoms with Crippen molar-refractivity contribution in [2.24, 2.45) is 0 Å². The summed E-state index contributed by atoms with van der Waals surface area (Å²) < 4.78 is 2.41. The number of nitriles is 1. The minimum absolute atomic E-state index is 0.713. The van der Waals surface area contributed by atoms with E-state index in [0.29, 0.717) is 5.56 Å². The van der Waals surface area contributed by atoms with Crippen molar-refractivity contribution in [2.45, 2.75) is 19.5 Å². The zero-order chi connectivity index (χ0) is 14.9. The number of benzene rings is 2. The Balaban J connectivity index is 1.82. The van der Waals surface area contributed by atoms with Gasteiger partial charge < -0.3 is 9.88 Å². The molecule has 0 bridgehead atoms. The Hall–Kier alpha value is -2.57. The molecule has 3 heteroatoms. The van der Waals surface area contributed by atoms with Gasteiger partial charge in [-0.1, -0.05) is 30.3 Å². The molecule has 1 aliphatic heterocycles. The lowest BCUT2D eigenvalue weighted by atomic mass is 10.0. The molecule has 108 valence electrons. The summed E-state index contributed by atoms with van der Waals surface area (Å²) in [6, 6.07) is 18.7. The summed E-state index contributed by atoms with van der Waals surface area (Å²) in [7, 11) is 0. The maximum absolute atomic E-state index is 8.92. The van der Waals surface area contributed by atoms with E-state index in [1.54, 1.807) is 0 Å². The number of hydrogen-bond donors (Lipinski definition) is 1. The lowest BCUT2D eigenvalue weighted by Gasteiger charge is -2.17. The Bertz CT molecular complexity index is 866. The van der Waals surface area contributed by atoms with Gasteiger partial charge >= 0.3 is 0 Å². The summed E-state index contributed by atoms with van der Waals surface area (Å²) in [6.45, 7) is 2.83. The summed E-state index contributed by atoms with van der Waals surface area (Å²) in [5.74, 6) is 0. The third-order valence-corrected chi connectivity index (χ3v) is 4.46. The first-order valence-electron chi connectivity index (χ1n) is 7.65. The van der Waals surface area contributed by atoms with Crippen LogP contribution in [0.5, 0.6) is 0 Å². The molecule has 0 atom stereocenters. The van der Waals surface area contributed by atoms with Crippen molar-refractivity contribution >= 4 is 10.9 Å². The van der Waals surface area contributed by atoms with Gasteiger partial charge in [0.1, 0.15) is 0 Å². The summed E-state index contributed by atoms with van der Waals surface area (Å²) in [4.78, 5) is 0. The molecule has 3 nitrogen and oxygen atoms in total. The van der Waals surface area contributed by atoms with Crippen LogP contribution in [0.1, 0.15) is 22.4 Å². The van der Waals surface area contributed by atoms with E-state index in [1.807, 2.05) is 12.1 Å². The van der Waals surface area contributed by atoms with Crippen molar-refractivity contribution in [2.75, 3.05) is 6.54 Å². The van der Waals surface area contributed by atoms with E-state index in [0.717, 1.165) is 26.1 Å². The summed E-state index contributed by atoms with van der Waals surface area (Å²) in [5.41, 5.74) is 6.14. The van der Waals surface area contributed by atoms with Crippen LogP contribution in [0, 0.1) is 11.3 Å². The van der Waals surface area contributed by atoms with Crippen LogP contribution < -0.4 is 5.32 Å². The van der Waals surface area contributed by atoms with Crippen molar-refractivity contribution in [1.82, 2.24) is 9.88 Å². The molecule has 0 amide bonds. The zero-order valence-electron chi connectivity index (χ0n) is 12.3. The molecule has 0 radical (unpaired) electrons. The second kappa shape index (κ2) is 5.32. The summed E-state index contributed by atoms with van der Waals surface area (Å²) >= 11 is 0. The molecule has 0 saturated carbocycles.